The van der Waals surface area contributed by atoms with Gasteiger partial charge >= 0.3 is 0 Å². The largest absolute Gasteiger partial charge is 0.321 e. The summed E-state index contributed by atoms with van der Waals surface area (Å²) in [6.45, 7) is 1.73. The van der Waals surface area contributed by atoms with E-state index in [1.54, 1.807) is 25.1 Å². The monoisotopic (exact) mass is 255 g/mol. The molecule has 0 saturated heterocycles. The van der Waals surface area contributed by atoms with E-state index in [0.29, 0.717) is 16.8 Å². The van der Waals surface area contributed by atoms with E-state index in [4.69, 9.17) is 5.26 Å². The van der Waals surface area contributed by atoms with Gasteiger partial charge in [-0.2, -0.15) is 5.26 Å². The van der Waals surface area contributed by atoms with Crippen LogP contribution < -0.4 is 5.56 Å². The van der Waals surface area contributed by atoms with E-state index in [1.165, 1.54) is 18.2 Å². The number of aromatic nitrogens is 1. The molecule has 0 spiro atoms. The fourth-order valence-electron chi connectivity index (χ4n) is 1.79. The number of aromatic amines is 1. The zero-order valence-electron chi connectivity index (χ0n) is 10.0. The van der Waals surface area contributed by atoms with Crippen LogP contribution in [0.15, 0.2) is 35.1 Å². The molecule has 0 aliphatic heterocycles. The summed E-state index contributed by atoms with van der Waals surface area (Å²) < 4.78 is 0. The van der Waals surface area contributed by atoms with E-state index in [2.05, 4.69) is 4.98 Å². The van der Waals surface area contributed by atoms with E-state index < -0.39 is 10.5 Å². The van der Waals surface area contributed by atoms with Crippen molar-refractivity contribution >= 4 is 5.69 Å². The van der Waals surface area contributed by atoms with Crippen molar-refractivity contribution in [1.29, 1.82) is 5.26 Å². The molecule has 2 rings (SSSR count). The van der Waals surface area contributed by atoms with Gasteiger partial charge in [-0.3, -0.25) is 14.9 Å². The van der Waals surface area contributed by atoms with E-state index >= 15 is 0 Å². The van der Waals surface area contributed by atoms with Gasteiger partial charge in [0.1, 0.15) is 11.6 Å². The number of nitro benzene ring substituents is 1. The molecule has 2 aromatic rings. The number of nitrogens with zero attached hydrogens (tertiary/aromatic N) is 2. The highest BCUT2D eigenvalue weighted by atomic mass is 16.6. The van der Waals surface area contributed by atoms with Crippen LogP contribution in [0.2, 0.25) is 0 Å². The van der Waals surface area contributed by atoms with E-state index in [0.717, 1.165) is 0 Å². The first-order valence-electron chi connectivity index (χ1n) is 5.42. The minimum atomic E-state index is -0.505. The maximum absolute atomic E-state index is 11.6. The Kier molecular flexibility index (Phi) is 3.12. The van der Waals surface area contributed by atoms with E-state index in [1.807, 2.05) is 0 Å². The molecule has 1 aromatic carbocycles. The van der Waals surface area contributed by atoms with Crippen molar-refractivity contribution in [1.82, 2.24) is 4.98 Å². The van der Waals surface area contributed by atoms with E-state index in [-0.39, 0.29) is 11.3 Å². The van der Waals surface area contributed by atoms with Crippen molar-refractivity contribution in [3.63, 3.8) is 0 Å². The minimum Gasteiger partial charge on any atom is -0.321 e. The van der Waals surface area contributed by atoms with Crippen molar-refractivity contribution in [2.24, 2.45) is 0 Å². The fraction of sp³-hybridized carbons (Fsp3) is 0.0769. The zero-order chi connectivity index (χ0) is 14.0. The summed E-state index contributed by atoms with van der Waals surface area (Å²) >= 11 is 0. The lowest BCUT2D eigenvalue weighted by molar-refractivity contribution is -0.384. The third kappa shape index (κ3) is 2.35. The number of aryl methyl sites for hydroxylation is 1. The predicted molar refractivity (Wildman–Crippen MR) is 68.6 cm³/mol. The average Bonchev–Trinajstić information content (AvgIpc) is 2.41. The second-order valence-corrected chi connectivity index (χ2v) is 3.99. The molecule has 0 atom stereocenters. The van der Waals surface area contributed by atoms with Crippen LogP contribution in [0.1, 0.15) is 11.1 Å². The zero-order valence-corrected chi connectivity index (χ0v) is 10.0. The van der Waals surface area contributed by atoms with Crippen LogP contribution in [0.4, 0.5) is 5.69 Å². The first-order chi connectivity index (χ1) is 9.02. The maximum atomic E-state index is 11.6. The predicted octanol–water partition coefficient (Wildman–Crippen LogP) is 2.13. The summed E-state index contributed by atoms with van der Waals surface area (Å²) in [4.78, 5) is 24.4. The molecule has 1 heterocycles. The van der Waals surface area contributed by atoms with E-state index in [9.17, 15) is 14.9 Å². The lowest BCUT2D eigenvalue weighted by Crippen LogP contribution is -2.12. The number of benzene rings is 1. The second kappa shape index (κ2) is 4.74. The number of nitro groups is 1. The van der Waals surface area contributed by atoms with Crippen LogP contribution in [-0.4, -0.2) is 9.91 Å². The number of hydrogen-bond acceptors (Lipinski definition) is 4. The lowest BCUT2D eigenvalue weighted by Gasteiger charge is -2.06. The smallest absolute Gasteiger partial charge is 0.270 e. The number of non-ortho nitro benzene ring substituents is 1. The van der Waals surface area contributed by atoms with Crippen molar-refractivity contribution in [2.45, 2.75) is 6.92 Å². The van der Waals surface area contributed by atoms with Crippen LogP contribution in [0.25, 0.3) is 11.3 Å². The van der Waals surface area contributed by atoms with Gasteiger partial charge in [-0.1, -0.05) is 12.1 Å². The standard InChI is InChI=1S/C13H9N3O3/c1-8-5-10(7-14)13(17)15-12(8)9-3-2-4-11(6-9)16(18)19/h2-6H,1H3,(H,15,17). The Morgan fingerprint density at radius 2 is 2.11 bits per heavy atom. The molecular weight excluding hydrogens is 246 g/mol. The van der Waals surface area contributed by atoms with Crippen LogP contribution in [0, 0.1) is 28.4 Å². The van der Waals surface area contributed by atoms with Gasteiger partial charge < -0.3 is 4.98 Å². The van der Waals surface area contributed by atoms with Crippen molar-refractivity contribution in [2.75, 3.05) is 0 Å². The van der Waals surface area contributed by atoms with Crippen LogP contribution >= 0.6 is 0 Å². The molecule has 0 radical (unpaired) electrons. The molecule has 6 nitrogen and oxygen atoms in total. The minimum absolute atomic E-state index is 0.0201. The molecule has 0 amide bonds. The Hall–Kier alpha value is -2.94. The van der Waals surface area contributed by atoms with Gasteiger partial charge in [0.05, 0.1) is 10.6 Å². The quantitative estimate of drug-likeness (QED) is 0.656. The summed E-state index contributed by atoms with van der Waals surface area (Å²) in [5.74, 6) is 0. The average molecular weight is 255 g/mol. The number of H-pyrrole nitrogens is 1. The van der Waals surface area contributed by atoms with Gasteiger partial charge in [-0.15, -0.1) is 0 Å². The van der Waals surface area contributed by atoms with Crippen LogP contribution in [0.3, 0.4) is 0 Å². The first kappa shape index (κ1) is 12.5. The summed E-state index contributed by atoms with van der Waals surface area (Å²) in [5, 5.41) is 19.5. The number of nitriles is 1. The number of rotatable bonds is 2. The Balaban J connectivity index is 2.63. The Labute approximate surface area is 108 Å². The Bertz CT molecular complexity index is 756. The molecular formula is C13H9N3O3. The van der Waals surface area contributed by atoms with Crippen molar-refractivity contribution < 1.29 is 4.92 Å². The van der Waals surface area contributed by atoms with Gasteiger partial charge in [-0.25, -0.2) is 0 Å². The van der Waals surface area contributed by atoms with Gasteiger partial charge in [0.15, 0.2) is 0 Å². The molecule has 1 aromatic heterocycles. The second-order valence-electron chi connectivity index (χ2n) is 3.99. The number of hydrogen-bond donors (Lipinski definition) is 1. The van der Waals surface area contributed by atoms with Gasteiger partial charge in [-0.05, 0) is 18.6 Å². The first-order valence-corrected chi connectivity index (χ1v) is 5.42. The van der Waals surface area contributed by atoms with Gasteiger partial charge in [0.25, 0.3) is 11.2 Å². The van der Waals surface area contributed by atoms with Gasteiger partial charge in [0.2, 0.25) is 0 Å². The highest BCUT2D eigenvalue weighted by Crippen LogP contribution is 2.24. The molecule has 0 aliphatic carbocycles. The SMILES string of the molecule is Cc1cc(C#N)c(=O)[nH]c1-c1cccc([N+](=O)[O-])c1. The highest BCUT2D eigenvalue weighted by molar-refractivity contribution is 5.66. The molecule has 0 saturated carbocycles. The molecule has 0 unspecified atom stereocenters. The molecule has 1 N–H and O–H groups in total. The summed E-state index contributed by atoms with van der Waals surface area (Å²) in [6.07, 6.45) is 0. The fourth-order valence-corrected chi connectivity index (χ4v) is 1.79. The number of nitrogens with one attached hydrogen (secondary N) is 1. The lowest BCUT2D eigenvalue weighted by atomic mass is 10.0. The van der Waals surface area contributed by atoms with Crippen LogP contribution in [-0.2, 0) is 0 Å². The molecule has 19 heavy (non-hydrogen) atoms. The topological polar surface area (TPSA) is 99.8 Å². The molecule has 0 fully saturated rings. The van der Waals surface area contributed by atoms with Gasteiger partial charge in [0, 0.05) is 17.7 Å². The summed E-state index contributed by atoms with van der Waals surface area (Å²) in [6, 6.07) is 9.22. The molecule has 0 aliphatic rings. The van der Waals surface area contributed by atoms with Crippen molar-refractivity contribution in [3.8, 4) is 17.3 Å². The third-order valence-electron chi connectivity index (χ3n) is 2.70. The third-order valence-corrected chi connectivity index (χ3v) is 2.70. The normalized spacial score (nSPS) is 9.89. The summed E-state index contributed by atoms with van der Waals surface area (Å²) in [7, 11) is 0. The Morgan fingerprint density at radius 1 is 1.37 bits per heavy atom. The maximum Gasteiger partial charge on any atom is 0.270 e. The summed E-state index contributed by atoms with van der Waals surface area (Å²) in [5.41, 5.74) is 1.15. The van der Waals surface area contributed by atoms with Crippen LogP contribution in [0.5, 0.6) is 0 Å². The molecule has 94 valence electrons. The highest BCUT2D eigenvalue weighted by Gasteiger charge is 2.11. The molecule has 0 bridgehead atoms. The molecule has 6 heteroatoms. The number of pyridine rings is 1. The Morgan fingerprint density at radius 3 is 2.74 bits per heavy atom. The van der Waals surface area contributed by atoms with Crippen molar-refractivity contribution in [3.05, 3.63) is 61.9 Å².